The average molecular weight is 293 g/mol. The number of rotatable bonds is 3. The van der Waals surface area contributed by atoms with Crippen LogP contribution in [0.25, 0.3) is 0 Å². The van der Waals surface area contributed by atoms with Crippen LogP contribution in [-0.2, 0) is 4.79 Å². The van der Waals surface area contributed by atoms with Crippen molar-refractivity contribution in [1.29, 1.82) is 0 Å². The number of aryl methyl sites for hydroxylation is 2. The minimum atomic E-state index is -0.857. The number of anilines is 1. The molecule has 0 aliphatic carbocycles. The van der Waals surface area contributed by atoms with E-state index in [-0.39, 0.29) is 12.5 Å². The number of carbonyl (C=O) groups is 2. The summed E-state index contributed by atoms with van der Waals surface area (Å²) < 4.78 is 0. The highest BCUT2D eigenvalue weighted by Crippen LogP contribution is 2.34. The third kappa shape index (κ3) is 2.93. The maximum atomic E-state index is 12.2. The van der Waals surface area contributed by atoms with E-state index in [4.69, 9.17) is 0 Å². The summed E-state index contributed by atoms with van der Waals surface area (Å²) in [5.74, 6) is -0.725. The molecule has 1 saturated heterocycles. The van der Waals surface area contributed by atoms with Crippen LogP contribution >= 0.6 is 0 Å². The molecule has 21 heavy (non-hydrogen) atoms. The molecule has 0 saturated carbocycles. The van der Waals surface area contributed by atoms with Gasteiger partial charge in [-0.25, -0.2) is 9.78 Å². The monoisotopic (exact) mass is 293 g/mol. The molecular formula is C13H19N5O3. The number of nitrogens with zero attached hydrogens (tertiary/aromatic N) is 4. The minimum absolute atomic E-state index is 0.132. The molecule has 114 valence electrons. The molecule has 1 aliphatic heterocycles. The fourth-order valence-corrected chi connectivity index (χ4v) is 2.34. The molecule has 1 atom stereocenters. The van der Waals surface area contributed by atoms with Gasteiger partial charge in [-0.15, -0.1) is 5.10 Å². The summed E-state index contributed by atoms with van der Waals surface area (Å²) >= 11 is 0. The highest BCUT2D eigenvalue weighted by Gasteiger charge is 2.44. The predicted molar refractivity (Wildman–Crippen MR) is 74.9 cm³/mol. The van der Waals surface area contributed by atoms with Crippen LogP contribution in [0.4, 0.5) is 10.7 Å². The third-order valence-electron chi connectivity index (χ3n) is 4.08. The number of carbonyl (C=O) groups excluding carboxylic acids is 1. The minimum Gasteiger partial charge on any atom is -0.481 e. The highest BCUT2D eigenvalue weighted by atomic mass is 16.4. The van der Waals surface area contributed by atoms with E-state index in [9.17, 15) is 14.7 Å². The molecule has 2 heterocycles. The number of amides is 2. The van der Waals surface area contributed by atoms with Gasteiger partial charge in [-0.2, -0.15) is 5.10 Å². The van der Waals surface area contributed by atoms with E-state index < -0.39 is 17.4 Å². The van der Waals surface area contributed by atoms with Gasteiger partial charge in [0.15, 0.2) is 0 Å². The summed E-state index contributed by atoms with van der Waals surface area (Å²) in [6.07, 6.45) is 0.950. The fraction of sp³-hybridized carbons (Fsp3) is 0.615. The van der Waals surface area contributed by atoms with Crippen LogP contribution in [0.1, 0.15) is 31.2 Å². The number of carboxylic acid groups (broad SMARTS) is 1. The van der Waals surface area contributed by atoms with Gasteiger partial charge >= 0.3 is 12.0 Å². The summed E-state index contributed by atoms with van der Waals surface area (Å²) in [7, 11) is 0. The molecule has 1 unspecified atom stereocenters. The van der Waals surface area contributed by atoms with Crippen molar-refractivity contribution in [1.82, 2.24) is 20.1 Å². The van der Waals surface area contributed by atoms with Crippen LogP contribution in [0.15, 0.2) is 0 Å². The van der Waals surface area contributed by atoms with Crippen LogP contribution in [0.2, 0.25) is 0 Å². The topological polar surface area (TPSA) is 108 Å². The Morgan fingerprint density at radius 3 is 2.57 bits per heavy atom. The standard InChI is InChI=1S/C13H19N5O3/c1-4-13(10(19)20)5-6-18(7-13)12(21)15-11-14-8(2)9(3)16-17-11/h4-7H2,1-3H3,(H,19,20)(H,14,15,17,21). The number of likely N-dealkylation sites (tertiary alicyclic amines) is 1. The largest absolute Gasteiger partial charge is 0.481 e. The fourth-order valence-electron chi connectivity index (χ4n) is 2.34. The maximum Gasteiger partial charge on any atom is 0.324 e. The van der Waals surface area contributed by atoms with Gasteiger partial charge in [0, 0.05) is 13.1 Å². The SMILES string of the molecule is CCC1(C(=O)O)CCN(C(=O)Nc2nnc(C)c(C)n2)C1. The van der Waals surface area contributed by atoms with Crippen LogP contribution in [-0.4, -0.2) is 50.3 Å². The van der Waals surface area contributed by atoms with E-state index in [1.54, 1.807) is 13.8 Å². The molecule has 0 radical (unpaired) electrons. The predicted octanol–water partition coefficient (Wildman–Crippen LogP) is 1.21. The van der Waals surface area contributed by atoms with Gasteiger partial charge in [0.05, 0.1) is 16.8 Å². The Hall–Kier alpha value is -2.25. The van der Waals surface area contributed by atoms with E-state index in [0.29, 0.717) is 30.8 Å². The Balaban J connectivity index is 2.05. The van der Waals surface area contributed by atoms with Crippen LogP contribution in [0, 0.1) is 19.3 Å². The van der Waals surface area contributed by atoms with Crippen LogP contribution in [0.5, 0.6) is 0 Å². The molecule has 1 aliphatic rings. The number of carboxylic acids is 1. The highest BCUT2D eigenvalue weighted by molar-refractivity contribution is 5.88. The Labute approximate surface area is 122 Å². The molecule has 2 N–H and O–H groups in total. The molecule has 0 bridgehead atoms. The van der Waals surface area contributed by atoms with Crippen molar-refractivity contribution in [3.05, 3.63) is 11.4 Å². The van der Waals surface area contributed by atoms with E-state index in [2.05, 4.69) is 20.5 Å². The first-order chi connectivity index (χ1) is 9.88. The lowest BCUT2D eigenvalue weighted by molar-refractivity contribution is -0.148. The maximum absolute atomic E-state index is 12.2. The van der Waals surface area contributed by atoms with Gasteiger partial charge in [-0.1, -0.05) is 6.92 Å². The van der Waals surface area contributed by atoms with Gasteiger partial charge in [0.1, 0.15) is 0 Å². The zero-order valence-electron chi connectivity index (χ0n) is 12.4. The number of hydrogen-bond donors (Lipinski definition) is 2. The quantitative estimate of drug-likeness (QED) is 0.867. The molecule has 0 spiro atoms. The second kappa shape index (κ2) is 5.63. The van der Waals surface area contributed by atoms with Crippen molar-refractivity contribution in [3.8, 4) is 0 Å². The number of hydrogen-bond acceptors (Lipinski definition) is 5. The Bertz CT molecular complexity index is 577. The summed E-state index contributed by atoms with van der Waals surface area (Å²) in [6.45, 7) is 5.99. The normalized spacial score (nSPS) is 21.4. The Morgan fingerprint density at radius 2 is 2.05 bits per heavy atom. The summed E-state index contributed by atoms with van der Waals surface area (Å²) in [6, 6.07) is -0.392. The second-order valence-electron chi connectivity index (χ2n) is 5.35. The first kappa shape index (κ1) is 15.1. The summed E-state index contributed by atoms with van der Waals surface area (Å²) in [5.41, 5.74) is 0.542. The summed E-state index contributed by atoms with van der Waals surface area (Å²) in [5, 5.41) is 19.6. The lowest BCUT2D eigenvalue weighted by Crippen LogP contribution is -2.38. The molecule has 1 aromatic heterocycles. The van der Waals surface area contributed by atoms with Crippen molar-refractivity contribution in [2.45, 2.75) is 33.6 Å². The molecular weight excluding hydrogens is 274 g/mol. The molecule has 2 amide bonds. The second-order valence-corrected chi connectivity index (χ2v) is 5.35. The zero-order valence-corrected chi connectivity index (χ0v) is 12.4. The van der Waals surface area contributed by atoms with Crippen molar-refractivity contribution in [2.24, 2.45) is 5.41 Å². The smallest absolute Gasteiger partial charge is 0.324 e. The number of nitrogens with one attached hydrogen (secondary N) is 1. The van der Waals surface area contributed by atoms with Crippen molar-refractivity contribution < 1.29 is 14.7 Å². The summed E-state index contributed by atoms with van der Waals surface area (Å²) in [4.78, 5) is 29.1. The average Bonchev–Trinajstić information content (AvgIpc) is 2.89. The van der Waals surface area contributed by atoms with Gasteiger partial charge < -0.3 is 10.0 Å². The molecule has 1 aromatic rings. The van der Waals surface area contributed by atoms with Gasteiger partial charge in [0.25, 0.3) is 5.95 Å². The van der Waals surface area contributed by atoms with Gasteiger partial charge in [-0.05, 0) is 26.7 Å². The molecule has 2 rings (SSSR count). The Morgan fingerprint density at radius 1 is 1.33 bits per heavy atom. The van der Waals surface area contributed by atoms with Crippen LogP contribution in [0.3, 0.4) is 0 Å². The lowest BCUT2D eigenvalue weighted by atomic mass is 9.84. The van der Waals surface area contributed by atoms with Gasteiger partial charge in [0.2, 0.25) is 0 Å². The number of aromatic nitrogens is 3. The number of urea groups is 1. The number of aliphatic carboxylic acids is 1. The van der Waals surface area contributed by atoms with Crippen LogP contribution < -0.4 is 5.32 Å². The van der Waals surface area contributed by atoms with Crippen molar-refractivity contribution in [3.63, 3.8) is 0 Å². The molecule has 1 fully saturated rings. The van der Waals surface area contributed by atoms with E-state index >= 15 is 0 Å². The van der Waals surface area contributed by atoms with E-state index in [1.165, 1.54) is 4.90 Å². The lowest BCUT2D eigenvalue weighted by Gasteiger charge is -2.22. The molecule has 0 aromatic carbocycles. The van der Waals surface area contributed by atoms with E-state index in [1.807, 2.05) is 6.92 Å². The van der Waals surface area contributed by atoms with E-state index in [0.717, 1.165) is 0 Å². The van der Waals surface area contributed by atoms with Crippen molar-refractivity contribution in [2.75, 3.05) is 18.4 Å². The first-order valence-corrected chi connectivity index (χ1v) is 6.85. The first-order valence-electron chi connectivity index (χ1n) is 6.85. The molecule has 8 nitrogen and oxygen atoms in total. The Kier molecular flexibility index (Phi) is 4.06. The van der Waals surface area contributed by atoms with Gasteiger partial charge in [-0.3, -0.25) is 10.1 Å². The van der Waals surface area contributed by atoms with Crippen molar-refractivity contribution >= 4 is 17.9 Å². The molecule has 8 heteroatoms. The zero-order chi connectivity index (χ0) is 15.6. The third-order valence-corrected chi connectivity index (χ3v) is 4.08.